The maximum atomic E-state index is 12.2. The number of rotatable bonds is 5. The maximum absolute atomic E-state index is 12.2. The first kappa shape index (κ1) is 14.5. The number of hydrogen-bond acceptors (Lipinski definition) is 3. The number of amides is 1. The molecule has 0 atom stereocenters. The number of hydrogen-bond donors (Lipinski definition) is 1. The Labute approximate surface area is 138 Å². The molecule has 5 heteroatoms. The molecule has 0 saturated heterocycles. The Balaban J connectivity index is 1.34. The van der Waals surface area contributed by atoms with E-state index >= 15 is 0 Å². The molecule has 0 saturated carbocycles. The lowest BCUT2D eigenvalue weighted by atomic mass is 10.2. The molecule has 4 rings (SSSR count). The standard InChI is InChI=1S/C19H17N3O2/c23-19(17-13-15-5-1-2-7-16(15)24-17)21-10-4-11-22-12-8-14-6-3-9-20-18(14)22/h1-3,5-9,12-13H,4,10-11H2,(H,21,23). The monoisotopic (exact) mass is 319 g/mol. The van der Waals surface area contributed by atoms with Gasteiger partial charge in [0, 0.05) is 36.3 Å². The second-order valence-electron chi connectivity index (χ2n) is 5.68. The van der Waals surface area contributed by atoms with Gasteiger partial charge in [-0.3, -0.25) is 4.79 Å². The third-order valence-electron chi connectivity index (χ3n) is 4.03. The van der Waals surface area contributed by atoms with E-state index in [1.807, 2.05) is 42.6 Å². The Morgan fingerprint density at radius 1 is 1.12 bits per heavy atom. The maximum Gasteiger partial charge on any atom is 0.287 e. The van der Waals surface area contributed by atoms with E-state index in [4.69, 9.17) is 4.42 Å². The molecule has 0 fully saturated rings. The van der Waals surface area contributed by atoms with Gasteiger partial charge < -0.3 is 14.3 Å². The van der Waals surface area contributed by atoms with Crippen LogP contribution in [0.15, 0.2) is 65.3 Å². The van der Waals surface area contributed by atoms with Crippen LogP contribution in [0.4, 0.5) is 0 Å². The first-order valence-electron chi connectivity index (χ1n) is 7.98. The second kappa shape index (κ2) is 6.20. The summed E-state index contributed by atoms with van der Waals surface area (Å²) in [6.45, 7) is 1.39. The minimum Gasteiger partial charge on any atom is -0.451 e. The van der Waals surface area contributed by atoms with Crippen molar-refractivity contribution in [2.45, 2.75) is 13.0 Å². The number of carbonyl (C=O) groups is 1. The number of para-hydroxylation sites is 1. The predicted molar refractivity (Wildman–Crippen MR) is 92.9 cm³/mol. The molecule has 0 bridgehead atoms. The van der Waals surface area contributed by atoms with Crippen LogP contribution in [0.1, 0.15) is 17.0 Å². The average Bonchev–Trinajstić information content (AvgIpc) is 3.23. The molecule has 1 aromatic carbocycles. The molecule has 24 heavy (non-hydrogen) atoms. The third-order valence-corrected chi connectivity index (χ3v) is 4.03. The van der Waals surface area contributed by atoms with Crippen molar-refractivity contribution in [2.24, 2.45) is 0 Å². The molecule has 0 aliphatic carbocycles. The molecule has 4 aromatic rings. The Kier molecular flexibility index (Phi) is 3.75. The van der Waals surface area contributed by atoms with Crippen molar-refractivity contribution in [3.05, 3.63) is 66.7 Å². The normalized spacial score (nSPS) is 11.2. The highest BCUT2D eigenvalue weighted by Gasteiger charge is 2.11. The summed E-state index contributed by atoms with van der Waals surface area (Å²) in [6, 6.07) is 15.4. The van der Waals surface area contributed by atoms with Crippen molar-refractivity contribution in [1.82, 2.24) is 14.9 Å². The van der Waals surface area contributed by atoms with Gasteiger partial charge in [0.15, 0.2) is 5.76 Å². The van der Waals surface area contributed by atoms with Crippen molar-refractivity contribution < 1.29 is 9.21 Å². The van der Waals surface area contributed by atoms with Gasteiger partial charge in [0.05, 0.1) is 0 Å². The zero-order chi connectivity index (χ0) is 16.4. The van der Waals surface area contributed by atoms with Crippen molar-refractivity contribution in [1.29, 1.82) is 0 Å². The van der Waals surface area contributed by atoms with Crippen molar-refractivity contribution in [3.8, 4) is 0 Å². The number of nitrogens with one attached hydrogen (secondary N) is 1. The molecule has 5 nitrogen and oxygen atoms in total. The van der Waals surface area contributed by atoms with Gasteiger partial charge in [0.25, 0.3) is 5.91 Å². The Morgan fingerprint density at radius 2 is 2.00 bits per heavy atom. The highest BCUT2D eigenvalue weighted by atomic mass is 16.3. The highest BCUT2D eigenvalue weighted by Crippen LogP contribution is 2.18. The third kappa shape index (κ3) is 2.76. The Hall–Kier alpha value is -3.08. The first-order chi connectivity index (χ1) is 11.8. The van der Waals surface area contributed by atoms with E-state index in [1.165, 1.54) is 0 Å². The van der Waals surface area contributed by atoms with E-state index in [1.54, 1.807) is 12.3 Å². The molecule has 3 aromatic heterocycles. The molecular formula is C19H17N3O2. The predicted octanol–water partition coefficient (Wildman–Crippen LogP) is 3.60. The van der Waals surface area contributed by atoms with Crippen LogP contribution in [0.25, 0.3) is 22.0 Å². The van der Waals surface area contributed by atoms with Gasteiger partial charge in [-0.2, -0.15) is 0 Å². The SMILES string of the molecule is O=C(NCCCn1ccc2cccnc21)c1cc2ccccc2o1. The molecule has 1 amide bonds. The second-order valence-corrected chi connectivity index (χ2v) is 5.68. The minimum absolute atomic E-state index is 0.179. The number of furan rings is 1. The van der Waals surface area contributed by atoms with E-state index in [9.17, 15) is 4.79 Å². The summed E-state index contributed by atoms with van der Waals surface area (Å²) in [5, 5.41) is 4.97. The zero-order valence-electron chi connectivity index (χ0n) is 13.1. The number of fused-ring (bicyclic) bond motifs is 2. The van der Waals surface area contributed by atoms with E-state index in [2.05, 4.69) is 20.9 Å². The van der Waals surface area contributed by atoms with Crippen LogP contribution in [0.2, 0.25) is 0 Å². The van der Waals surface area contributed by atoms with E-state index in [0.29, 0.717) is 12.3 Å². The number of aromatic nitrogens is 2. The van der Waals surface area contributed by atoms with Crippen LogP contribution in [0, 0.1) is 0 Å². The van der Waals surface area contributed by atoms with Gasteiger partial charge in [-0.05, 0) is 36.8 Å². The molecular weight excluding hydrogens is 302 g/mol. The smallest absolute Gasteiger partial charge is 0.287 e. The van der Waals surface area contributed by atoms with Gasteiger partial charge in [-0.25, -0.2) is 4.98 Å². The van der Waals surface area contributed by atoms with Crippen LogP contribution < -0.4 is 5.32 Å². The fraction of sp³-hybridized carbons (Fsp3) is 0.158. The van der Waals surface area contributed by atoms with Crippen LogP contribution in [0.5, 0.6) is 0 Å². The summed E-state index contributed by atoms with van der Waals surface area (Å²) >= 11 is 0. The lowest BCUT2D eigenvalue weighted by Gasteiger charge is -2.05. The quantitative estimate of drug-likeness (QED) is 0.572. The summed E-state index contributed by atoms with van der Waals surface area (Å²) in [7, 11) is 0. The topological polar surface area (TPSA) is 60.1 Å². The van der Waals surface area contributed by atoms with E-state index in [0.717, 1.165) is 35.0 Å². The van der Waals surface area contributed by atoms with Gasteiger partial charge in [0.2, 0.25) is 0 Å². The van der Waals surface area contributed by atoms with Gasteiger partial charge in [-0.15, -0.1) is 0 Å². The summed E-state index contributed by atoms with van der Waals surface area (Å²) in [5.41, 5.74) is 1.70. The largest absolute Gasteiger partial charge is 0.451 e. The molecule has 0 unspecified atom stereocenters. The molecule has 3 heterocycles. The summed E-state index contributed by atoms with van der Waals surface area (Å²) in [5.74, 6) is 0.172. The van der Waals surface area contributed by atoms with E-state index < -0.39 is 0 Å². The summed E-state index contributed by atoms with van der Waals surface area (Å²) < 4.78 is 7.66. The number of benzene rings is 1. The lowest BCUT2D eigenvalue weighted by molar-refractivity contribution is 0.0927. The number of aryl methyl sites for hydroxylation is 1. The van der Waals surface area contributed by atoms with E-state index in [-0.39, 0.29) is 5.91 Å². The van der Waals surface area contributed by atoms with Crippen molar-refractivity contribution in [3.63, 3.8) is 0 Å². The van der Waals surface area contributed by atoms with Crippen LogP contribution in [-0.2, 0) is 6.54 Å². The van der Waals surface area contributed by atoms with Crippen molar-refractivity contribution in [2.75, 3.05) is 6.54 Å². The molecule has 0 aliphatic heterocycles. The van der Waals surface area contributed by atoms with Crippen LogP contribution in [0.3, 0.4) is 0 Å². The average molecular weight is 319 g/mol. The van der Waals surface area contributed by atoms with Gasteiger partial charge in [-0.1, -0.05) is 18.2 Å². The summed E-state index contributed by atoms with van der Waals surface area (Å²) in [6.07, 6.45) is 4.65. The molecule has 0 aliphatic rings. The zero-order valence-corrected chi connectivity index (χ0v) is 13.1. The lowest BCUT2D eigenvalue weighted by Crippen LogP contribution is -2.24. The van der Waals surface area contributed by atoms with Crippen LogP contribution >= 0.6 is 0 Å². The highest BCUT2D eigenvalue weighted by molar-refractivity contribution is 5.96. The molecule has 0 spiro atoms. The Morgan fingerprint density at radius 3 is 2.92 bits per heavy atom. The number of nitrogens with zero attached hydrogens (tertiary/aromatic N) is 2. The Bertz CT molecular complexity index is 967. The van der Waals surface area contributed by atoms with Crippen LogP contribution in [-0.4, -0.2) is 22.0 Å². The fourth-order valence-corrected chi connectivity index (χ4v) is 2.83. The number of pyridine rings is 1. The molecule has 120 valence electrons. The van der Waals surface area contributed by atoms with Gasteiger partial charge in [0.1, 0.15) is 11.2 Å². The van der Waals surface area contributed by atoms with Gasteiger partial charge >= 0.3 is 0 Å². The number of carbonyl (C=O) groups excluding carboxylic acids is 1. The first-order valence-corrected chi connectivity index (χ1v) is 7.98. The fourth-order valence-electron chi connectivity index (χ4n) is 2.83. The molecule has 0 radical (unpaired) electrons. The molecule has 1 N–H and O–H groups in total. The minimum atomic E-state index is -0.179. The summed E-state index contributed by atoms with van der Waals surface area (Å²) in [4.78, 5) is 16.6. The van der Waals surface area contributed by atoms with Crippen molar-refractivity contribution >= 4 is 27.9 Å².